The van der Waals surface area contributed by atoms with Crippen molar-refractivity contribution in [2.24, 2.45) is 0 Å². The van der Waals surface area contributed by atoms with Gasteiger partial charge in [-0.1, -0.05) is 185 Å². The SMILES string of the molecule is CC1(C)c2ccccc2-c2ccc(-c3c4ccccc4c(-c4ccc5c(c4)C(C)(C)c4ccccc4-5)c4cc(-c5ccc(-c6ccc7c8c6ccc6c(C#N)ccc(c68)CN7c6ccc(C#N)cc6)cc5)ccc34)cc21. The lowest BCUT2D eigenvalue weighted by atomic mass is 9.79. The fourth-order valence-electron chi connectivity index (χ4n) is 13.8. The second kappa shape index (κ2) is 16.0. The van der Waals surface area contributed by atoms with Crippen molar-refractivity contribution in [1.29, 1.82) is 10.5 Å². The summed E-state index contributed by atoms with van der Waals surface area (Å²) in [6.45, 7) is 10.2. The molecule has 356 valence electrons. The third-order valence-electron chi connectivity index (χ3n) is 17.6. The lowest BCUT2D eigenvalue weighted by Crippen LogP contribution is -2.20. The summed E-state index contributed by atoms with van der Waals surface area (Å²) >= 11 is 0. The van der Waals surface area contributed by atoms with E-state index in [1.807, 2.05) is 30.3 Å². The molecular weight excluding hydrogens is 919 g/mol. The number of fused-ring (bicyclic) bond motifs is 8. The number of rotatable bonds is 5. The van der Waals surface area contributed by atoms with Crippen LogP contribution in [0.3, 0.4) is 0 Å². The first-order chi connectivity index (χ1) is 37.1. The molecule has 3 nitrogen and oxygen atoms in total. The summed E-state index contributed by atoms with van der Waals surface area (Å²) in [7, 11) is 0. The van der Waals surface area contributed by atoms with Crippen molar-refractivity contribution in [3.63, 3.8) is 0 Å². The Morgan fingerprint density at radius 1 is 0.368 bits per heavy atom. The minimum Gasteiger partial charge on any atom is -0.336 e. The summed E-state index contributed by atoms with van der Waals surface area (Å²) in [6, 6.07) is 83.0. The summed E-state index contributed by atoms with van der Waals surface area (Å²) < 4.78 is 0. The van der Waals surface area contributed by atoms with Crippen LogP contribution in [0.4, 0.5) is 11.4 Å². The van der Waals surface area contributed by atoms with E-state index in [0.29, 0.717) is 17.7 Å². The molecule has 3 heteroatoms. The average Bonchev–Trinajstić information content (AvgIpc) is 3.98. The van der Waals surface area contributed by atoms with E-state index in [-0.39, 0.29) is 10.8 Å². The highest BCUT2D eigenvalue weighted by molar-refractivity contribution is 6.23. The summed E-state index contributed by atoms with van der Waals surface area (Å²) in [5.74, 6) is 0. The van der Waals surface area contributed by atoms with Gasteiger partial charge in [0.25, 0.3) is 0 Å². The van der Waals surface area contributed by atoms with Crippen molar-refractivity contribution in [3.05, 3.63) is 251 Å². The van der Waals surface area contributed by atoms with E-state index < -0.39 is 0 Å². The van der Waals surface area contributed by atoms with Crippen LogP contribution in [0.5, 0.6) is 0 Å². The molecule has 0 amide bonds. The Morgan fingerprint density at radius 2 is 0.882 bits per heavy atom. The fraction of sp³-hybridized carbons (Fsp3) is 0.0959. The number of hydrogen-bond donors (Lipinski definition) is 0. The molecule has 2 aliphatic carbocycles. The quantitative estimate of drug-likeness (QED) is 0.128. The van der Waals surface area contributed by atoms with E-state index in [1.165, 1.54) is 93.9 Å². The van der Waals surface area contributed by atoms with Gasteiger partial charge in [0.1, 0.15) is 0 Å². The van der Waals surface area contributed by atoms with Crippen molar-refractivity contribution in [1.82, 2.24) is 0 Å². The van der Waals surface area contributed by atoms with E-state index in [0.717, 1.165) is 55.2 Å². The topological polar surface area (TPSA) is 50.8 Å². The van der Waals surface area contributed by atoms with Crippen molar-refractivity contribution < 1.29 is 0 Å². The Labute approximate surface area is 442 Å². The predicted molar refractivity (Wildman–Crippen MR) is 315 cm³/mol. The normalized spacial score (nSPS) is 14.2. The molecule has 3 aliphatic rings. The average molecular weight is 968 g/mol. The van der Waals surface area contributed by atoms with Crippen molar-refractivity contribution >= 4 is 54.5 Å². The Morgan fingerprint density at radius 3 is 1.51 bits per heavy atom. The highest BCUT2D eigenvalue weighted by Crippen LogP contribution is 2.54. The Hall–Kier alpha value is -9.54. The Kier molecular flexibility index (Phi) is 9.25. The van der Waals surface area contributed by atoms with Gasteiger partial charge in [0, 0.05) is 39.5 Å². The number of nitrogens with zero attached hydrogens (tertiary/aromatic N) is 3. The van der Waals surface area contributed by atoms with E-state index in [4.69, 9.17) is 0 Å². The van der Waals surface area contributed by atoms with Gasteiger partial charge in [-0.15, -0.1) is 0 Å². The molecule has 0 unspecified atom stereocenters. The number of benzene rings is 12. The second-order valence-corrected chi connectivity index (χ2v) is 22.2. The van der Waals surface area contributed by atoms with Gasteiger partial charge < -0.3 is 4.90 Å². The zero-order valence-corrected chi connectivity index (χ0v) is 42.8. The summed E-state index contributed by atoms with van der Waals surface area (Å²) in [5, 5.41) is 29.2. The maximum atomic E-state index is 10.2. The molecule has 12 aromatic carbocycles. The van der Waals surface area contributed by atoms with Crippen molar-refractivity contribution in [3.8, 4) is 78.9 Å². The summed E-state index contributed by atoms with van der Waals surface area (Å²) in [5.41, 5.74) is 24.7. The molecular formula is C73H49N3. The van der Waals surface area contributed by atoms with Gasteiger partial charge in [0.2, 0.25) is 0 Å². The Balaban J connectivity index is 0.908. The van der Waals surface area contributed by atoms with Gasteiger partial charge in [-0.2, -0.15) is 10.5 Å². The van der Waals surface area contributed by atoms with Gasteiger partial charge in [-0.25, -0.2) is 0 Å². The van der Waals surface area contributed by atoms with Crippen molar-refractivity contribution in [2.45, 2.75) is 45.1 Å². The van der Waals surface area contributed by atoms with Gasteiger partial charge >= 0.3 is 0 Å². The van der Waals surface area contributed by atoms with Crippen LogP contribution in [-0.4, -0.2) is 0 Å². The lowest BCUT2D eigenvalue weighted by molar-refractivity contribution is 0.660. The molecule has 0 fully saturated rings. The molecule has 0 aromatic heterocycles. The molecule has 15 rings (SSSR count). The highest BCUT2D eigenvalue weighted by Gasteiger charge is 2.37. The molecule has 0 N–H and O–H groups in total. The first kappa shape index (κ1) is 44.0. The van der Waals surface area contributed by atoms with E-state index >= 15 is 0 Å². The molecule has 0 bridgehead atoms. The first-order valence-electron chi connectivity index (χ1n) is 26.4. The maximum absolute atomic E-state index is 10.2. The standard InChI is InChI=1S/C73H49N3/c1-72(2)63-15-9-7-11-54(63)56-30-26-47(38-65(56)72)68-58-13-5-6-14-59(58)69(48-27-31-57-55-12-8-10-16-64(55)73(3,4)66(57)39-48)62-37-46(25-32-61(62)68)44-19-21-45(22-20-44)52-35-36-67-71-60(52)34-33-53-49(41-75)23-24-50(70(53)71)42-76(67)51-28-17-43(40-74)18-29-51/h5-39H,42H2,1-4H3. The van der Waals surface area contributed by atoms with Gasteiger partial charge in [0.15, 0.2) is 0 Å². The van der Waals surface area contributed by atoms with Crippen LogP contribution in [0.25, 0.3) is 110 Å². The van der Waals surface area contributed by atoms with E-state index in [1.54, 1.807) is 0 Å². The molecule has 1 heterocycles. The van der Waals surface area contributed by atoms with Gasteiger partial charge in [-0.3, -0.25) is 0 Å². The molecule has 0 atom stereocenters. The third-order valence-corrected chi connectivity index (χ3v) is 17.6. The molecule has 0 spiro atoms. The van der Waals surface area contributed by atoms with Crippen LogP contribution >= 0.6 is 0 Å². The number of nitriles is 2. The zero-order valence-electron chi connectivity index (χ0n) is 42.8. The third kappa shape index (κ3) is 6.15. The van der Waals surface area contributed by atoms with Crippen LogP contribution in [0, 0.1) is 22.7 Å². The van der Waals surface area contributed by atoms with Crippen LogP contribution < -0.4 is 4.90 Å². The molecule has 76 heavy (non-hydrogen) atoms. The zero-order chi connectivity index (χ0) is 51.2. The van der Waals surface area contributed by atoms with Crippen LogP contribution in [0.1, 0.15) is 66.6 Å². The monoisotopic (exact) mass is 967 g/mol. The highest BCUT2D eigenvalue weighted by atomic mass is 15.1. The molecule has 0 saturated carbocycles. The fourth-order valence-corrected chi connectivity index (χ4v) is 13.8. The van der Waals surface area contributed by atoms with E-state index in [9.17, 15) is 10.5 Å². The van der Waals surface area contributed by atoms with Crippen molar-refractivity contribution in [2.75, 3.05) is 4.90 Å². The second-order valence-electron chi connectivity index (χ2n) is 22.2. The van der Waals surface area contributed by atoms with Gasteiger partial charge in [0.05, 0.1) is 23.3 Å². The predicted octanol–water partition coefficient (Wildman–Crippen LogP) is 19.0. The van der Waals surface area contributed by atoms with Crippen LogP contribution in [-0.2, 0) is 17.4 Å². The number of anilines is 2. The lowest BCUT2D eigenvalue weighted by Gasteiger charge is -2.32. The van der Waals surface area contributed by atoms with Crippen LogP contribution in [0.2, 0.25) is 0 Å². The molecule has 12 aromatic rings. The largest absolute Gasteiger partial charge is 0.336 e. The molecule has 0 saturated heterocycles. The van der Waals surface area contributed by atoms with Gasteiger partial charge in [-0.05, 0) is 181 Å². The summed E-state index contributed by atoms with van der Waals surface area (Å²) in [6.07, 6.45) is 0. The maximum Gasteiger partial charge on any atom is 0.0998 e. The summed E-state index contributed by atoms with van der Waals surface area (Å²) in [4.78, 5) is 2.33. The number of hydrogen-bond acceptors (Lipinski definition) is 3. The smallest absolute Gasteiger partial charge is 0.0998 e. The molecule has 1 aliphatic heterocycles. The minimum atomic E-state index is -0.142. The first-order valence-corrected chi connectivity index (χ1v) is 26.4. The minimum absolute atomic E-state index is 0.129. The van der Waals surface area contributed by atoms with Crippen LogP contribution in [0.15, 0.2) is 212 Å². The van der Waals surface area contributed by atoms with E-state index in [2.05, 4.69) is 227 Å². The molecule has 0 radical (unpaired) electrons. The Bertz CT molecular complexity index is 4620.